The second-order valence-corrected chi connectivity index (χ2v) is 5.90. The van der Waals surface area contributed by atoms with Crippen LogP contribution in [0.15, 0.2) is 0 Å². The molecule has 2 nitrogen and oxygen atoms in total. The standard InChI is InChI=1S/C7H12OS.C5H12OS/c8-6-4-1-2-5(3-4)7(6)9;1-2-3-5(6)4-7/h4-9H,1-3H2;5-7H,2-4H2,1H3. The molecule has 2 saturated carbocycles. The molecule has 0 amide bonds. The van der Waals surface area contributed by atoms with Crippen LogP contribution in [-0.4, -0.2) is 33.4 Å². The van der Waals surface area contributed by atoms with Gasteiger partial charge in [0.05, 0.1) is 12.2 Å². The highest BCUT2D eigenvalue weighted by molar-refractivity contribution is 7.81. The lowest BCUT2D eigenvalue weighted by Gasteiger charge is -2.21. The van der Waals surface area contributed by atoms with E-state index in [-0.39, 0.29) is 12.2 Å². The quantitative estimate of drug-likeness (QED) is 0.590. The summed E-state index contributed by atoms with van der Waals surface area (Å²) in [4.78, 5) is 0. The SMILES string of the molecule is CCCC(O)CS.OC1C2CCC(C2)C1S. The largest absolute Gasteiger partial charge is 0.392 e. The summed E-state index contributed by atoms with van der Waals surface area (Å²) in [6, 6.07) is 0. The molecule has 4 heteroatoms. The molecule has 0 aromatic carbocycles. The van der Waals surface area contributed by atoms with Crippen molar-refractivity contribution in [1.82, 2.24) is 0 Å². The minimum Gasteiger partial charge on any atom is -0.392 e. The summed E-state index contributed by atoms with van der Waals surface area (Å²) in [7, 11) is 0. The first-order valence-corrected chi connectivity index (χ1v) is 7.40. The summed E-state index contributed by atoms with van der Waals surface area (Å²) in [5, 5.41) is 18.5. The van der Waals surface area contributed by atoms with Gasteiger partial charge in [-0.25, -0.2) is 0 Å². The van der Waals surface area contributed by atoms with E-state index in [1.807, 2.05) is 6.92 Å². The minimum absolute atomic E-state index is 0.0907. The topological polar surface area (TPSA) is 40.5 Å². The van der Waals surface area contributed by atoms with Gasteiger partial charge in [-0.1, -0.05) is 13.3 Å². The van der Waals surface area contributed by atoms with Gasteiger partial charge in [-0.05, 0) is 37.5 Å². The lowest BCUT2D eigenvalue weighted by molar-refractivity contribution is 0.120. The Morgan fingerprint density at radius 2 is 1.94 bits per heavy atom. The molecular weight excluding hydrogens is 240 g/mol. The van der Waals surface area contributed by atoms with E-state index < -0.39 is 0 Å². The molecule has 2 aliphatic carbocycles. The third-order valence-corrected chi connectivity index (χ3v) is 4.81. The Hall–Kier alpha value is 0.620. The van der Waals surface area contributed by atoms with Gasteiger partial charge in [0.2, 0.25) is 0 Å². The fraction of sp³-hybridized carbons (Fsp3) is 1.00. The molecule has 0 aromatic heterocycles. The summed E-state index contributed by atoms with van der Waals surface area (Å²) in [5.41, 5.74) is 0. The molecule has 0 spiro atoms. The molecule has 0 aromatic rings. The fourth-order valence-corrected chi connectivity index (χ4v) is 3.35. The van der Waals surface area contributed by atoms with Crippen molar-refractivity contribution in [3.05, 3.63) is 0 Å². The van der Waals surface area contributed by atoms with Crippen molar-refractivity contribution < 1.29 is 10.2 Å². The molecule has 2 rings (SSSR count). The Labute approximate surface area is 110 Å². The van der Waals surface area contributed by atoms with Crippen LogP contribution in [0.25, 0.3) is 0 Å². The number of fused-ring (bicyclic) bond motifs is 2. The number of aliphatic hydroxyl groups is 2. The van der Waals surface area contributed by atoms with E-state index in [1.54, 1.807) is 0 Å². The molecule has 2 bridgehead atoms. The Bertz CT molecular complexity index is 183. The molecular formula is C12H24O2S2. The lowest BCUT2D eigenvalue weighted by Crippen LogP contribution is -2.27. The molecule has 96 valence electrons. The highest BCUT2D eigenvalue weighted by Crippen LogP contribution is 2.46. The Morgan fingerprint density at radius 1 is 1.31 bits per heavy atom. The Balaban J connectivity index is 0.000000168. The monoisotopic (exact) mass is 264 g/mol. The molecule has 0 aliphatic heterocycles. The van der Waals surface area contributed by atoms with Gasteiger partial charge in [-0.15, -0.1) is 0 Å². The van der Waals surface area contributed by atoms with Crippen LogP contribution in [0.3, 0.4) is 0 Å². The number of aliphatic hydroxyl groups excluding tert-OH is 2. The predicted molar refractivity (Wildman–Crippen MR) is 74.4 cm³/mol. The molecule has 5 unspecified atom stereocenters. The van der Waals surface area contributed by atoms with Gasteiger partial charge in [0.1, 0.15) is 0 Å². The predicted octanol–water partition coefficient (Wildman–Crippen LogP) is 2.15. The molecule has 5 atom stereocenters. The van der Waals surface area contributed by atoms with Gasteiger partial charge in [0.15, 0.2) is 0 Å². The minimum atomic E-state index is -0.187. The third-order valence-electron chi connectivity index (χ3n) is 3.66. The number of thiol groups is 2. The molecule has 2 aliphatic rings. The van der Waals surface area contributed by atoms with E-state index in [2.05, 4.69) is 25.3 Å². The van der Waals surface area contributed by atoms with Gasteiger partial charge in [-0.3, -0.25) is 0 Å². The van der Waals surface area contributed by atoms with Gasteiger partial charge in [-0.2, -0.15) is 25.3 Å². The van der Waals surface area contributed by atoms with Crippen LogP contribution in [-0.2, 0) is 0 Å². The van der Waals surface area contributed by atoms with E-state index in [0.29, 0.717) is 16.9 Å². The normalized spacial score (nSPS) is 38.1. The summed E-state index contributed by atoms with van der Waals surface area (Å²) in [5.74, 6) is 1.92. The first kappa shape index (κ1) is 14.7. The van der Waals surface area contributed by atoms with Crippen LogP contribution in [0.5, 0.6) is 0 Å². The van der Waals surface area contributed by atoms with Crippen molar-refractivity contribution >= 4 is 25.3 Å². The zero-order chi connectivity index (χ0) is 12.1. The van der Waals surface area contributed by atoms with Crippen LogP contribution in [0.1, 0.15) is 39.0 Å². The van der Waals surface area contributed by atoms with Crippen molar-refractivity contribution in [3.8, 4) is 0 Å². The maximum Gasteiger partial charge on any atom is 0.0687 e. The molecule has 0 heterocycles. The smallest absolute Gasteiger partial charge is 0.0687 e. The van der Waals surface area contributed by atoms with Crippen molar-refractivity contribution in [1.29, 1.82) is 0 Å². The molecule has 2 N–H and O–H groups in total. The van der Waals surface area contributed by atoms with Crippen LogP contribution in [0.4, 0.5) is 0 Å². The first-order chi connectivity index (χ1) is 7.60. The fourth-order valence-electron chi connectivity index (χ4n) is 2.66. The zero-order valence-corrected chi connectivity index (χ0v) is 11.7. The van der Waals surface area contributed by atoms with Crippen LogP contribution in [0.2, 0.25) is 0 Å². The van der Waals surface area contributed by atoms with Crippen molar-refractivity contribution in [2.45, 2.75) is 56.5 Å². The Kier molecular flexibility index (Phi) is 6.55. The first-order valence-electron chi connectivity index (χ1n) is 6.25. The summed E-state index contributed by atoms with van der Waals surface area (Å²) in [6.45, 7) is 2.05. The zero-order valence-electron chi connectivity index (χ0n) is 9.92. The highest BCUT2D eigenvalue weighted by atomic mass is 32.1. The van der Waals surface area contributed by atoms with E-state index in [0.717, 1.165) is 18.8 Å². The number of rotatable bonds is 3. The average molecular weight is 264 g/mol. The number of hydrogen-bond donors (Lipinski definition) is 4. The second kappa shape index (κ2) is 7.14. The molecule has 2 fully saturated rings. The van der Waals surface area contributed by atoms with Gasteiger partial charge in [0.25, 0.3) is 0 Å². The molecule has 0 saturated heterocycles. The summed E-state index contributed by atoms with van der Waals surface area (Å²) < 4.78 is 0. The third kappa shape index (κ3) is 3.83. The van der Waals surface area contributed by atoms with E-state index >= 15 is 0 Å². The maximum atomic E-state index is 9.41. The van der Waals surface area contributed by atoms with Crippen LogP contribution >= 0.6 is 25.3 Å². The van der Waals surface area contributed by atoms with Crippen molar-refractivity contribution in [2.75, 3.05) is 5.75 Å². The summed E-state index contributed by atoms with van der Waals surface area (Å²) in [6.07, 6.45) is 5.42. The van der Waals surface area contributed by atoms with Gasteiger partial charge < -0.3 is 10.2 Å². The molecule has 16 heavy (non-hydrogen) atoms. The number of hydrogen-bond acceptors (Lipinski definition) is 4. The van der Waals surface area contributed by atoms with Crippen LogP contribution in [0, 0.1) is 11.8 Å². The average Bonchev–Trinajstić information content (AvgIpc) is 2.85. The van der Waals surface area contributed by atoms with Crippen LogP contribution < -0.4 is 0 Å². The van der Waals surface area contributed by atoms with E-state index in [9.17, 15) is 5.11 Å². The van der Waals surface area contributed by atoms with E-state index in [1.165, 1.54) is 19.3 Å². The second-order valence-electron chi connectivity index (χ2n) is 4.94. The summed E-state index contributed by atoms with van der Waals surface area (Å²) >= 11 is 8.24. The van der Waals surface area contributed by atoms with E-state index in [4.69, 9.17) is 5.11 Å². The lowest BCUT2D eigenvalue weighted by atomic mass is 9.97. The Morgan fingerprint density at radius 3 is 2.19 bits per heavy atom. The van der Waals surface area contributed by atoms with Gasteiger partial charge in [0, 0.05) is 11.0 Å². The maximum absolute atomic E-state index is 9.41. The van der Waals surface area contributed by atoms with Crippen molar-refractivity contribution in [3.63, 3.8) is 0 Å². The molecule has 0 radical (unpaired) electrons. The van der Waals surface area contributed by atoms with Gasteiger partial charge >= 0.3 is 0 Å². The van der Waals surface area contributed by atoms with Crippen molar-refractivity contribution in [2.24, 2.45) is 11.8 Å². The highest BCUT2D eigenvalue weighted by Gasteiger charge is 2.44.